The molecule has 48 valence electrons. The smallest absolute Gasteiger partial charge is 0.419 e. The summed E-state index contributed by atoms with van der Waals surface area (Å²) in [4.78, 5) is 9.80. The van der Waals surface area contributed by atoms with Crippen LogP contribution in [0.1, 0.15) is 0 Å². The fourth-order valence-electron chi connectivity index (χ4n) is 0.0778. The number of rotatable bonds is 1. The van der Waals surface area contributed by atoms with Crippen molar-refractivity contribution in [3.8, 4) is 0 Å². The molecule has 0 aliphatic rings. The van der Waals surface area contributed by atoms with Crippen molar-refractivity contribution in [3.05, 3.63) is 0 Å². The van der Waals surface area contributed by atoms with E-state index in [0.29, 0.717) is 0 Å². The Kier molecular flexibility index (Phi) is 3.68. The van der Waals surface area contributed by atoms with Gasteiger partial charge in [-0.1, -0.05) is 0 Å². The van der Waals surface area contributed by atoms with Crippen LogP contribution in [0.5, 0.6) is 0 Å². The van der Waals surface area contributed by atoms with E-state index in [2.05, 4.69) is 8.71 Å². The minimum atomic E-state index is -2.58. The molecule has 0 rings (SSSR count). The van der Waals surface area contributed by atoms with Gasteiger partial charge in [0.15, 0.2) is 0 Å². The number of hydrogen-bond acceptors (Lipinski definition) is 4. The largest absolute Gasteiger partial charge is 0.526 e. The fraction of sp³-hybridized carbons (Fsp3) is 0. The lowest BCUT2D eigenvalue weighted by Gasteiger charge is -1.91. The van der Waals surface area contributed by atoms with E-state index in [1.807, 2.05) is 0 Å². The molecule has 0 aromatic heterocycles. The predicted molar refractivity (Wildman–Crippen MR) is 28.0 cm³/mol. The topological polar surface area (TPSA) is 72.8 Å². The van der Waals surface area contributed by atoms with Crippen molar-refractivity contribution in [3.63, 3.8) is 0 Å². The van der Waals surface area contributed by atoms with E-state index in [0.717, 1.165) is 0 Å². The van der Waals surface area contributed by atoms with E-state index in [1.54, 1.807) is 9.47 Å². The highest BCUT2D eigenvalue weighted by molar-refractivity contribution is 7.74. The molecule has 0 aliphatic carbocycles. The van der Waals surface area contributed by atoms with Crippen molar-refractivity contribution in [2.24, 2.45) is 0 Å². The standard InChI is InChI=1S/CH3O5PS/c2-1(5-7)6-8(3)4/h7H2,(H,3,4). The molecule has 0 spiro atoms. The Morgan fingerprint density at radius 2 is 2.25 bits per heavy atom. The Bertz CT molecular complexity index is 111. The molecule has 5 nitrogen and oxygen atoms in total. The molecule has 2 unspecified atom stereocenters. The lowest BCUT2D eigenvalue weighted by molar-refractivity contribution is 0.161. The van der Waals surface area contributed by atoms with Crippen LogP contribution in [0.3, 0.4) is 0 Å². The third-order valence-electron chi connectivity index (χ3n) is 0.236. The first-order valence-corrected chi connectivity index (χ1v) is 2.87. The molecule has 0 saturated heterocycles. The summed E-state index contributed by atoms with van der Waals surface area (Å²) in [6.45, 7) is 0. The lowest BCUT2D eigenvalue weighted by atomic mass is 11.5. The molecule has 1 N–H and O–H groups in total. The Labute approximate surface area is 50.1 Å². The Morgan fingerprint density at radius 3 is 2.38 bits per heavy atom. The van der Waals surface area contributed by atoms with E-state index < -0.39 is 17.5 Å². The molecule has 2 atom stereocenters. The third kappa shape index (κ3) is 3.98. The molecule has 0 amide bonds. The molecule has 7 heteroatoms. The van der Waals surface area contributed by atoms with Crippen molar-refractivity contribution >= 4 is 27.0 Å². The molecule has 0 aromatic rings. The minimum absolute atomic E-state index is 1.21. The summed E-state index contributed by atoms with van der Waals surface area (Å²) >= 11 is -2.58. The first kappa shape index (κ1) is 7.81. The van der Waals surface area contributed by atoms with E-state index in [4.69, 9.17) is 4.55 Å². The number of carbonyl (C=O) groups is 1. The average Bonchev–Trinajstić information content (AvgIpc) is 1.65. The lowest BCUT2D eigenvalue weighted by Crippen LogP contribution is -2.02. The molecule has 0 fully saturated rings. The minimum Gasteiger partial charge on any atom is -0.419 e. The van der Waals surface area contributed by atoms with Gasteiger partial charge in [0.05, 0.1) is 9.47 Å². The summed E-state index contributed by atoms with van der Waals surface area (Å²) in [5.41, 5.74) is 0. The second-order valence-electron chi connectivity index (χ2n) is 0.668. The van der Waals surface area contributed by atoms with Crippen LogP contribution < -0.4 is 0 Å². The molecule has 8 heavy (non-hydrogen) atoms. The van der Waals surface area contributed by atoms with Crippen LogP contribution in [-0.2, 0) is 20.1 Å². The van der Waals surface area contributed by atoms with Crippen LogP contribution >= 0.6 is 9.47 Å². The van der Waals surface area contributed by atoms with Gasteiger partial charge in [-0.05, 0) is 0 Å². The van der Waals surface area contributed by atoms with Gasteiger partial charge in [0.25, 0.3) is 0 Å². The van der Waals surface area contributed by atoms with E-state index in [1.165, 1.54) is 0 Å². The number of carbonyl (C=O) groups excluding carboxylic acids is 1. The Hall–Kier alpha value is -0.190. The predicted octanol–water partition coefficient (Wildman–Crippen LogP) is 0.0664. The highest BCUT2D eigenvalue weighted by Gasteiger charge is 2.03. The zero-order chi connectivity index (χ0) is 6.57. The van der Waals surface area contributed by atoms with Crippen LogP contribution in [0, 0.1) is 0 Å². The maximum absolute atomic E-state index is 9.80. The van der Waals surface area contributed by atoms with Crippen molar-refractivity contribution in [1.82, 2.24) is 0 Å². The van der Waals surface area contributed by atoms with Crippen LogP contribution in [0.4, 0.5) is 4.79 Å². The Morgan fingerprint density at radius 1 is 1.75 bits per heavy atom. The van der Waals surface area contributed by atoms with Gasteiger partial charge in [0.2, 0.25) is 0 Å². The van der Waals surface area contributed by atoms with Crippen molar-refractivity contribution in [2.75, 3.05) is 0 Å². The van der Waals surface area contributed by atoms with Gasteiger partial charge in [0.1, 0.15) is 0 Å². The van der Waals surface area contributed by atoms with Gasteiger partial charge in [-0.2, -0.15) is 4.21 Å². The molecule has 0 bridgehead atoms. The monoisotopic (exact) mass is 158 g/mol. The fourth-order valence-corrected chi connectivity index (χ4v) is 0.351. The summed E-state index contributed by atoms with van der Waals surface area (Å²) in [5, 5.41) is 0. The molecule has 0 aromatic carbocycles. The highest BCUT2D eigenvalue weighted by Crippen LogP contribution is 1.91. The third-order valence-corrected chi connectivity index (χ3v) is 0.707. The maximum Gasteiger partial charge on any atom is 0.526 e. The number of hydrogen-bond donors (Lipinski definition) is 1. The molecular weight excluding hydrogens is 155 g/mol. The van der Waals surface area contributed by atoms with E-state index >= 15 is 0 Å². The van der Waals surface area contributed by atoms with Gasteiger partial charge in [-0.15, -0.1) is 0 Å². The summed E-state index contributed by atoms with van der Waals surface area (Å²) in [5.74, 6) is 0. The highest BCUT2D eigenvalue weighted by atomic mass is 32.2. The van der Waals surface area contributed by atoms with Crippen LogP contribution in [-0.4, -0.2) is 14.9 Å². The molecule has 0 aliphatic heterocycles. The SMILES string of the molecule is O=C(OP)OS(=O)O. The zero-order valence-corrected chi connectivity index (χ0v) is 5.54. The summed E-state index contributed by atoms with van der Waals surface area (Å²) in [6.07, 6.45) is -1.21. The average molecular weight is 158 g/mol. The van der Waals surface area contributed by atoms with Crippen molar-refractivity contribution in [1.29, 1.82) is 0 Å². The first-order valence-electron chi connectivity index (χ1n) is 1.36. The summed E-state index contributed by atoms with van der Waals surface area (Å²) in [7, 11) is 1.56. The van der Waals surface area contributed by atoms with Gasteiger partial charge in [-0.3, -0.25) is 4.55 Å². The van der Waals surface area contributed by atoms with Crippen LogP contribution in [0.15, 0.2) is 0 Å². The Balaban J connectivity index is 3.40. The van der Waals surface area contributed by atoms with Gasteiger partial charge < -0.3 is 8.71 Å². The molecule has 0 radical (unpaired) electrons. The van der Waals surface area contributed by atoms with Gasteiger partial charge >= 0.3 is 17.5 Å². The van der Waals surface area contributed by atoms with Gasteiger partial charge in [-0.25, -0.2) is 4.79 Å². The van der Waals surface area contributed by atoms with Crippen molar-refractivity contribution < 1.29 is 22.3 Å². The molecular formula is CH3O5PS. The molecule has 0 saturated carbocycles. The van der Waals surface area contributed by atoms with E-state index in [9.17, 15) is 9.00 Å². The second kappa shape index (κ2) is 3.77. The summed E-state index contributed by atoms with van der Waals surface area (Å²) < 4.78 is 24.6. The quantitative estimate of drug-likeness (QED) is 0.431. The van der Waals surface area contributed by atoms with Crippen LogP contribution in [0.2, 0.25) is 0 Å². The second-order valence-corrected chi connectivity index (χ2v) is 1.50. The summed E-state index contributed by atoms with van der Waals surface area (Å²) in [6, 6.07) is 0. The maximum atomic E-state index is 9.80. The van der Waals surface area contributed by atoms with Gasteiger partial charge in [0, 0.05) is 0 Å². The van der Waals surface area contributed by atoms with Crippen LogP contribution in [0.25, 0.3) is 0 Å². The van der Waals surface area contributed by atoms with Crippen molar-refractivity contribution in [2.45, 2.75) is 0 Å². The molecule has 0 heterocycles. The normalized spacial score (nSPS) is 12.2. The first-order chi connectivity index (χ1) is 3.66. The zero-order valence-electron chi connectivity index (χ0n) is 3.57. The van der Waals surface area contributed by atoms with E-state index in [-0.39, 0.29) is 0 Å².